The van der Waals surface area contributed by atoms with Crippen molar-refractivity contribution in [2.24, 2.45) is 11.8 Å². The highest BCUT2D eigenvalue weighted by Gasteiger charge is 2.37. The van der Waals surface area contributed by atoms with E-state index in [-0.39, 0.29) is 27.7 Å². The summed E-state index contributed by atoms with van der Waals surface area (Å²) in [4.78, 5) is 12.9. The highest BCUT2D eigenvalue weighted by atomic mass is 79.9. The van der Waals surface area contributed by atoms with Crippen molar-refractivity contribution < 1.29 is 22.7 Å². The van der Waals surface area contributed by atoms with Crippen LogP contribution in [0, 0.1) is 11.8 Å². The molecule has 2 fully saturated rings. The zero-order valence-corrected chi connectivity index (χ0v) is 17.0. The van der Waals surface area contributed by atoms with Crippen LogP contribution in [-0.4, -0.2) is 19.1 Å². The van der Waals surface area contributed by atoms with Crippen LogP contribution in [0.3, 0.4) is 0 Å². The average Bonchev–Trinajstić information content (AvgIpc) is 3.08. The zero-order valence-electron chi connectivity index (χ0n) is 15.4. The topological polar surface area (TPSA) is 38.3 Å². The molecule has 2 aliphatic rings. The molecule has 2 saturated carbocycles. The number of halogens is 4. The molecule has 0 aliphatic heterocycles. The molecule has 0 radical (unpaired) electrons. The smallest absolute Gasteiger partial charge is 0.416 e. The second kappa shape index (κ2) is 8.41. The molecular formula is C20H25BrF3NO2. The van der Waals surface area contributed by atoms with Gasteiger partial charge in [0.25, 0.3) is 5.91 Å². The van der Waals surface area contributed by atoms with E-state index in [1.54, 1.807) is 0 Å². The van der Waals surface area contributed by atoms with Gasteiger partial charge in [-0.2, -0.15) is 13.2 Å². The SMILES string of the molecule is COc1cc(C(F)(F)F)cc(Br)c1C(=O)N[C@H]1CCC[C@H]1C1CCCCC1. The molecule has 150 valence electrons. The Morgan fingerprint density at radius 2 is 1.81 bits per heavy atom. The standard InChI is InChI=1S/C20H25BrF3NO2/c1-27-17-11-13(20(22,23)24)10-15(21)18(17)19(26)25-16-9-5-8-14(16)12-6-3-2-4-7-12/h10-12,14,16H,2-9H2,1H3,(H,25,26)/t14-,16-/m0/s1. The lowest BCUT2D eigenvalue weighted by atomic mass is 9.77. The molecule has 0 bridgehead atoms. The first-order chi connectivity index (χ1) is 12.8. The summed E-state index contributed by atoms with van der Waals surface area (Å²) >= 11 is 3.13. The molecule has 2 atom stereocenters. The van der Waals surface area contributed by atoms with Gasteiger partial charge < -0.3 is 10.1 Å². The van der Waals surface area contributed by atoms with E-state index in [0.717, 1.165) is 31.4 Å². The summed E-state index contributed by atoms with van der Waals surface area (Å²) < 4.78 is 44.3. The van der Waals surface area contributed by atoms with Gasteiger partial charge in [-0.25, -0.2) is 0 Å². The number of benzene rings is 1. The van der Waals surface area contributed by atoms with Crippen LogP contribution < -0.4 is 10.1 Å². The number of alkyl halides is 3. The van der Waals surface area contributed by atoms with Gasteiger partial charge in [-0.15, -0.1) is 0 Å². The third-order valence-corrected chi connectivity index (χ3v) is 6.60. The number of hydrogen-bond donors (Lipinski definition) is 1. The molecule has 7 heteroatoms. The summed E-state index contributed by atoms with van der Waals surface area (Å²) in [7, 11) is 1.28. The minimum absolute atomic E-state index is 0.0681. The number of rotatable bonds is 4. The second-order valence-corrected chi connectivity index (χ2v) is 8.46. The van der Waals surface area contributed by atoms with Gasteiger partial charge in [-0.3, -0.25) is 4.79 Å². The van der Waals surface area contributed by atoms with Crippen molar-refractivity contribution in [2.45, 2.75) is 63.6 Å². The molecule has 3 rings (SSSR count). The molecule has 0 spiro atoms. The summed E-state index contributed by atoms with van der Waals surface area (Å²) in [6.07, 6.45) is 4.83. The quantitative estimate of drug-likeness (QED) is 0.618. The molecule has 0 aromatic heterocycles. The molecule has 2 aliphatic carbocycles. The fraction of sp³-hybridized carbons (Fsp3) is 0.650. The predicted octanol–water partition coefficient (Wildman–Crippen LogP) is 5.96. The number of hydrogen-bond acceptors (Lipinski definition) is 2. The van der Waals surface area contributed by atoms with E-state index < -0.39 is 11.7 Å². The van der Waals surface area contributed by atoms with Crippen LogP contribution in [0.2, 0.25) is 0 Å². The van der Waals surface area contributed by atoms with Crippen LogP contribution in [0.25, 0.3) is 0 Å². The lowest BCUT2D eigenvalue weighted by Crippen LogP contribution is -2.40. The summed E-state index contributed by atoms with van der Waals surface area (Å²) in [6, 6.07) is 1.90. The largest absolute Gasteiger partial charge is 0.496 e. The van der Waals surface area contributed by atoms with Crippen LogP contribution in [0.15, 0.2) is 16.6 Å². The highest BCUT2D eigenvalue weighted by molar-refractivity contribution is 9.10. The van der Waals surface area contributed by atoms with Gasteiger partial charge in [0.2, 0.25) is 0 Å². The molecule has 0 unspecified atom stereocenters. The van der Waals surface area contributed by atoms with Gasteiger partial charge in [0.15, 0.2) is 0 Å². The molecule has 0 saturated heterocycles. The fourth-order valence-corrected chi connectivity index (χ4v) is 5.28. The third kappa shape index (κ3) is 4.61. The average molecular weight is 448 g/mol. The number of nitrogens with one attached hydrogen (secondary N) is 1. The normalized spacial score (nSPS) is 24.0. The molecule has 1 N–H and O–H groups in total. The second-order valence-electron chi connectivity index (χ2n) is 7.61. The zero-order chi connectivity index (χ0) is 19.6. The van der Waals surface area contributed by atoms with Crippen molar-refractivity contribution in [1.82, 2.24) is 5.32 Å². The monoisotopic (exact) mass is 447 g/mol. The van der Waals surface area contributed by atoms with Crippen molar-refractivity contribution in [1.29, 1.82) is 0 Å². The molecule has 0 heterocycles. The van der Waals surface area contributed by atoms with Gasteiger partial charge in [0, 0.05) is 10.5 Å². The fourth-order valence-electron chi connectivity index (χ4n) is 4.66. The Hall–Kier alpha value is -1.24. The van der Waals surface area contributed by atoms with Crippen molar-refractivity contribution in [3.8, 4) is 5.75 Å². The van der Waals surface area contributed by atoms with Crippen LogP contribution in [0.5, 0.6) is 5.75 Å². The van der Waals surface area contributed by atoms with Gasteiger partial charge >= 0.3 is 6.18 Å². The van der Waals surface area contributed by atoms with Crippen LogP contribution in [0.4, 0.5) is 13.2 Å². The van der Waals surface area contributed by atoms with Gasteiger partial charge in [-0.05, 0) is 52.7 Å². The number of methoxy groups -OCH3 is 1. The molecular weight excluding hydrogens is 423 g/mol. The van der Waals surface area contributed by atoms with E-state index >= 15 is 0 Å². The highest BCUT2D eigenvalue weighted by Crippen LogP contribution is 2.41. The summed E-state index contributed by atoms with van der Waals surface area (Å²) in [5.41, 5.74) is -0.719. The van der Waals surface area contributed by atoms with E-state index in [1.807, 2.05) is 0 Å². The number of carbonyl (C=O) groups is 1. The van der Waals surface area contributed by atoms with Gasteiger partial charge in [0.1, 0.15) is 5.75 Å². The minimum atomic E-state index is -4.50. The lowest BCUT2D eigenvalue weighted by Gasteiger charge is -2.32. The first-order valence-electron chi connectivity index (χ1n) is 9.57. The first-order valence-corrected chi connectivity index (χ1v) is 10.4. The van der Waals surface area contributed by atoms with Crippen molar-refractivity contribution in [3.05, 3.63) is 27.7 Å². The Balaban J connectivity index is 1.79. The molecule has 1 aromatic carbocycles. The number of carbonyl (C=O) groups excluding carboxylic acids is 1. The summed E-state index contributed by atoms with van der Waals surface area (Å²) in [5, 5.41) is 3.09. The number of ether oxygens (including phenoxy) is 1. The van der Waals surface area contributed by atoms with Crippen molar-refractivity contribution in [2.75, 3.05) is 7.11 Å². The Morgan fingerprint density at radius 3 is 2.44 bits per heavy atom. The van der Waals surface area contributed by atoms with E-state index in [0.29, 0.717) is 11.8 Å². The van der Waals surface area contributed by atoms with E-state index in [1.165, 1.54) is 39.2 Å². The van der Waals surface area contributed by atoms with Crippen LogP contribution >= 0.6 is 15.9 Å². The van der Waals surface area contributed by atoms with Crippen molar-refractivity contribution in [3.63, 3.8) is 0 Å². The van der Waals surface area contributed by atoms with Gasteiger partial charge in [0.05, 0.1) is 18.2 Å². The maximum atomic E-state index is 13.0. The Kier molecular flexibility index (Phi) is 6.39. The molecule has 1 aromatic rings. The Labute approximate surface area is 166 Å². The molecule has 27 heavy (non-hydrogen) atoms. The maximum Gasteiger partial charge on any atom is 0.416 e. The maximum absolute atomic E-state index is 13.0. The van der Waals surface area contributed by atoms with Gasteiger partial charge in [-0.1, -0.05) is 38.5 Å². The van der Waals surface area contributed by atoms with Crippen LogP contribution in [0.1, 0.15) is 67.3 Å². The Morgan fingerprint density at radius 1 is 1.11 bits per heavy atom. The predicted molar refractivity (Wildman–Crippen MR) is 101 cm³/mol. The molecule has 3 nitrogen and oxygen atoms in total. The number of amides is 1. The summed E-state index contributed by atoms with van der Waals surface area (Å²) in [6.45, 7) is 0. The van der Waals surface area contributed by atoms with E-state index in [4.69, 9.17) is 4.74 Å². The van der Waals surface area contributed by atoms with E-state index in [9.17, 15) is 18.0 Å². The third-order valence-electron chi connectivity index (χ3n) is 5.97. The van der Waals surface area contributed by atoms with Crippen LogP contribution in [-0.2, 0) is 6.18 Å². The molecule has 1 amide bonds. The summed E-state index contributed by atoms with van der Waals surface area (Å²) in [5.74, 6) is 0.666. The van der Waals surface area contributed by atoms with E-state index in [2.05, 4.69) is 21.2 Å². The minimum Gasteiger partial charge on any atom is -0.496 e. The lowest BCUT2D eigenvalue weighted by molar-refractivity contribution is -0.137. The van der Waals surface area contributed by atoms with Crippen molar-refractivity contribution >= 4 is 21.8 Å². The first kappa shape index (κ1) is 20.5. The Bertz CT molecular complexity index is 687.